The molecule has 0 rings (SSSR count). The molecule has 3 N–H and O–H groups in total. The zero-order valence-corrected chi connectivity index (χ0v) is 8.44. The highest BCUT2D eigenvalue weighted by Gasteiger charge is 2.37. The molecule has 0 aromatic carbocycles. The van der Waals surface area contributed by atoms with Crippen LogP contribution in [-0.4, -0.2) is 10.3 Å². The molecule has 0 bridgehead atoms. The Kier molecular flexibility index (Phi) is 3.36. The van der Waals surface area contributed by atoms with Crippen molar-refractivity contribution in [3.05, 3.63) is 0 Å². The lowest BCUT2D eigenvalue weighted by Crippen LogP contribution is -2.46. The summed E-state index contributed by atoms with van der Waals surface area (Å²) < 4.78 is 0. The quantitative estimate of drug-likeness (QED) is 0.387. The molecular weight excluding hydrogens is 162 g/mol. The zero-order valence-electron chi connectivity index (χ0n) is 7.69. The molecule has 0 radical (unpaired) electrons. The number of hydrogen-bond acceptors (Lipinski definition) is 2. The molecule has 0 saturated heterocycles. The van der Waals surface area contributed by atoms with Gasteiger partial charge in [-0.2, -0.15) is 0 Å². The van der Waals surface area contributed by atoms with Gasteiger partial charge in [0.2, 0.25) is 0 Å². The molecule has 0 spiro atoms. The number of aliphatic hydroxyl groups is 1. The van der Waals surface area contributed by atoms with Gasteiger partial charge in [0.15, 0.2) is 5.18 Å². The van der Waals surface area contributed by atoms with E-state index in [9.17, 15) is 5.11 Å². The molecule has 0 saturated carbocycles. The van der Waals surface area contributed by atoms with Crippen molar-refractivity contribution in [2.45, 2.75) is 39.3 Å². The topological polar surface area (TPSA) is 46.2 Å². The lowest BCUT2D eigenvalue weighted by molar-refractivity contribution is 0.00893. The van der Waals surface area contributed by atoms with Gasteiger partial charge in [0.25, 0.3) is 0 Å². The molecule has 11 heavy (non-hydrogen) atoms. The molecule has 68 valence electrons. The van der Waals surface area contributed by atoms with Crippen LogP contribution >= 0.6 is 11.6 Å². The van der Waals surface area contributed by atoms with Crippen LogP contribution < -0.4 is 5.73 Å². The van der Waals surface area contributed by atoms with Gasteiger partial charge >= 0.3 is 0 Å². The van der Waals surface area contributed by atoms with Gasteiger partial charge in [-0.1, -0.05) is 39.3 Å². The molecular formula is C8H18ClNO. The number of hydrogen-bond donors (Lipinski definition) is 2. The van der Waals surface area contributed by atoms with Gasteiger partial charge in [0.1, 0.15) is 0 Å². The number of alkyl halides is 1. The minimum Gasteiger partial charge on any atom is -0.363 e. The summed E-state index contributed by atoms with van der Waals surface area (Å²) in [4.78, 5) is 0. The van der Waals surface area contributed by atoms with Crippen molar-refractivity contribution >= 4 is 11.6 Å². The van der Waals surface area contributed by atoms with E-state index in [2.05, 4.69) is 0 Å². The summed E-state index contributed by atoms with van der Waals surface area (Å²) >= 11 is 5.62. The maximum Gasteiger partial charge on any atom is 0.194 e. The van der Waals surface area contributed by atoms with Crippen LogP contribution in [0.25, 0.3) is 0 Å². The maximum absolute atomic E-state index is 9.36. The number of rotatable bonds is 2. The van der Waals surface area contributed by atoms with Crippen molar-refractivity contribution in [2.75, 3.05) is 0 Å². The molecule has 2 unspecified atom stereocenters. The Hall–Kier alpha value is 0.210. The number of nitrogens with two attached hydrogens (primary N) is 1. The summed E-state index contributed by atoms with van der Waals surface area (Å²) in [5, 5.41) is 7.78. The Morgan fingerprint density at radius 2 is 1.82 bits per heavy atom. The van der Waals surface area contributed by atoms with Crippen molar-refractivity contribution < 1.29 is 5.11 Å². The number of halogens is 1. The normalized spacial score (nSPS) is 21.0. The molecule has 2 atom stereocenters. The Bertz CT molecular complexity index is 109. The zero-order chi connectivity index (χ0) is 9.28. The van der Waals surface area contributed by atoms with Crippen LogP contribution in [0.2, 0.25) is 0 Å². The Morgan fingerprint density at radius 3 is 1.82 bits per heavy atom. The molecule has 0 fully saturated rings. The van der Waals surface area contributed by atoms with E-state index in [0.29, 0.717) is 0 Å². The van der Waals surface area contributed by atoms with Crippen LogP contribution in [0.15, 0.2) is 0 Å². The van der Waals surface area contributed by atoms with Crippen LogP contribution in [0.4, 0.5) is 0 Å². The van der Waals surface area contributed by atoms with Crippen molar-refractivity contribution in [1.82, 2.24) is 0 Å². The van der Waals surface area contributed by atoms with Gasteiger partial charge in [-0.15, -0.1) is 0 Å². The molecule has 0 aliphatic heterocycles. The van der Waals surface area contributed by atoms with Crippen LogP contribution in [0.5, 0.6) is 0 Å². The van der Waals surface area contributed by atoms with Gasteiger partial charge in [0, 0.05) is 5.92 Å². The first-order chi connectivity index (χ1) is 4.69. The lowest BCUT2D eigenvalue weighted by Gasteiger charge is -2.36. The predicted octanol–water partition coefficient (Wildman–Crippen LogP) is 1.90. The smallest absolute Gasteiger partial charge is 0.194 e. The summed E-state index contributed by atoms with van der Waals surface area (Å²) in [6.07, 6.45) is 0.778. The maximum atomic E-state index is 9.36. The van der Waals surface area contributed by atoms with Gasteiger partial charge in [0.05, 0.1) is 0 Å². The largest absolute Gasteiger partial charge is 0.363 e. The summed E-state index contributed by atoms with van der Waals surface area (Å²) in [7, 11) is 0. The van der Waals surface area contributed by atoms with E-state index in [4.69, 9.17) is 17.3 Å². The fourth-order valence-electron chi connectivity index (χ4n) is 1.51. The Balaban J connectivity index is 4.43. The average molecular weight is 180 g/mol. The minimum absolute atomic E-state index is 0.0556. The van der Waals surface area contributed by atoms with E-state index >= 15 is 0 Å². The second kappa shape index (κ2) is 3.30. The van der Waals surface area contributed by atoms with Crippen molar-refractivity contribution in [1.29, 1.82) is 0 Å². The molecule has 3 heteroatoms. The van der Waals surface area contributed by atoms with Crippen LogP contribution in [0.1, 0.15) is 34.1 Å². The highest BCUT2D eigenvalue weighted by Crippen LogP contribution is 2.36. The molecule has 2 nitrogen and oxygen atoms in total. The summed E-state index contributed by atoms with van der Waals surface area (Å²) in [5.74, 6) is -0.0864. The van der Waals surface area contributed by atoms with E-state index in [1.807, 2.05) is 27.7 Å². The first-order valence-corrected chi connectivity index (χ1v) is 4.27. The second-order valence-electron chi connectivity index (χ2n) is 4.05. The first-order valence-electron chi connectivity index (χ1n) is 3.89. The van der Waals surface area contributed by atoms with Crippen molar-refractivity contribution in [2.24, 2.45) is 17.1 Å². The summed E-state index contributed by atoms with van der Waals surface area (Å²) in [5.41, 5.74) is 5.34. The molecule has 0 aliphatic carbocycles. The lowest BCUT2D eigenvalue weighted by atomic mass is 9.78. The van der Waals surface area contributed by atoms with E-state index < -0.39 is 5.18 Å². The van der Waals surface area contributed by atoms with Crippen molar-refractivity contribution in [3.8, 4) is 0 Å². The molecule has 0 amide bonds. The average Bonchev–Trinajstić information content (AvgIpc) is 1.56. The Labute approximate surface area is 73.7 Å². The highest BCUT2D eigenvalue weighted by atomic mass is 35.5. The second-order valence-corrected chi connectivity index (χ2v) is 4.66. The van der Waals surface area contributed by atoms with Gasteiger partial charge in [-0.05, 0) is 11.8 Å². The third-order valence-electron chi connectivity index (χ3n) is 1.94. The Morgan fingerprint density at radius 1 is 1.45 bits per heavy atom. The van der Waals surface area contributed by atoms with Crippen LogP contribution in [-0.2, 0) is 0 Å². The van der Waals surface area contributed by atoms with Gasteiger partial charge in [-0.3, -0.25) is 5.73 Å². The minimum atomic E-state index is -1.58. The molecule has 0 aromatic rings. The SMILES string of the molecule is CCC(C(C)(C)C)C(N)(O)Cl. The van der Waals surface area contributed by atoms with E-state index in [0.717, 1.165) is 6.42 Å². The molecule has 0 aliphatic rings. The van der Waals surface area contributed by atoms with Gasteiger partial charge < -0.3 is 5.11 Å². The van der Waals surface area contributed by atoms with Crippen LogP contribution in [0, 0.1) is 11.3 Å². The van der Waals surface area contributed by atoms with E-state index in [-0.39, 0.29) is 11.3 Å². The molecule has 0 aromatic heterocycles. The third-order valence-corrected chi connectivity index (χ3v) is 2.21. The highest BCUT2D eigenvalue weighted by molar-refractivity contribution is 6.22. The standard InChI is InChI=1S/C8H18ClNO/c1-5-6(7(2,3)4)8(9,10)11/h6,11H,5,10H2,1-4H3. The third kappa shape index (κ3) is 3.41. The summed E-state index contributed by atoms with van der Waals surface area (Å²) in [6.45, 7) is 8.01. The summed E-state index contributed by atoms with van der Waals surface area (Å²) in [6, 6.07) is 0. The van der Waals surface area contributed by atoms with E-state index in [1.54, 1.807) is 0 Å². The molecule has 0 heterocycles. The first kappa shape index (κ1) is 11.2. The van der Waals surface area contributed by atoms with Gasteiger partial charge in [-0.25, -0.2) is 0 Å². The van der Waals surface area contributed by atoms with E-state index in [1.165, 1.54) is 0 Å². The fraction of sp³-hybridized carbons (Fsp3) is 1.00. The predicted molar refractivity (Wildman–Crippen MR) is 48.2 cm³/mol. The van der Waals surface area contributed by atoms with Crippen molar-refractivity contribution in [3.63, 3.8) is 0 Å². The monoisotopic (exact) mass is 179 g/mol. The fourth-order valence-corrected chi connectivity index (χ4v) is 1.99. The van der Waals surface area contributed by atoms with Crippen LogP contribution in [0.3, 0.4) is 0 Å².